The monoisotopic (exact) mass is 333 g/mol. The average molecular weight is 334 g/mol. The Morgan fingerprint density at radius 2 is 1.95 bits per heavy atom. The van der Waals surface area contributed by atoms with Crippen LogP contribution in [0.4, 0.5) is 5.69 Å². The molecule has 2 aromatic rings. The van der Waals surface area contributed by atoms with Crippen molar-refractivity contribution in [2.24, 2.45) is 0 Å². The van der Waals surface area contributed by atoms with Crippen molar-refractivity contribution in [1.82, 2.24) is 10.3 Å². The third kappa shape index (κ3) is 4.05. The van der Waals surface area contributed by atoms with Crippen molar-refractivity contribution in [2.75, 3.05) is 18.5 Å². The first-order valence-corrected chi connectivity index (χ1v) is 7.59. The molecule has 106 valence electrons. The molecule has 0 aliphatic heterocycles. The second-order valence-corrected chi connectivity index (χ2v) is 5.68. The summed E-state index contributed by atoms with van der Waals surface area (Å²) in [5, 5.41) is 3.36. The molecule has 1 aromatic heterocycles. The Balaban J connectivity index is 2.12. The maximum atomic E-state index is 4.23. The molecule has 1 N–H and O–H groups in total. The van der Waals surface area contributed by atoms with Crippen LogP contribution in [0, 0.1) is 0 Å². The largest absolute Gasteiger partial charge is 0.370 e. The Kier molecular flexibility index (Phi) is 5.56. The van der Waals surface area contributed by atoms with E-state index in [1.165, 1.54) is 16.8 Å². The van der Waals surface area contributed by atoms with Crippen LogP contribution in [0.3, 0.4) is 0 Å². The molecule has 0 bridgehead atoms. The molecule has 4 heteroatoms. The number of pyridine rings is 1. The fourth-order valence-electron chi connectivity index (χ4n) is 2.14. The molecule has 20 heavy (non-hydrogen) atoms. The van der Waals surface area contributed by atoms with Gasteiger partial charge < -0.3 is 10.2 Å². The Bertz CT molecular complexity index is 540. The van der Waals surface area contributed by atoms with Gasteiger partial charge in [0.15, 0.2) is 0 Å². The van der Waals surface area contributed by atoms with Gasteiger partial charge in [-0.25, -0.2) is 0 Å². The first kappa shape index (κ1) is 15.0. The number of hydrogen-bond donors (Lipinski definition) is 1. The predicted molar refractivity (Wildman–Crippen MR) is 87.9 cm³/mol. The Hall–Kier alpha value is -1.39. The second-order valence-electron chi connectivity index (χ2n) is 4.77. The van der Waals surface area contributed by atoms with Crippen LogP contribution in [0.25, 0.3) is 0 Å². The average Bonchev–Trinajstić information content (AvgIpc) is 2.47. The summed E-state index contributed by atoms with van der Waals surface area (Å²) in [5.74, 6) is 0. The lowest BCUT2D eigenvalue weighted by Gasteiger charge is -2.22. The summed E-state index contributed by atoms with van der Waals surface area (Å²) in [5.41, 5.74) is 3.75. The van der Waals surface area contributed by atoms with Gasteiger partial charge in [-0.1, -0.05) is 35.0 Å². The van der Waals surface area contributed by atoms with E-state index in [0.29, 0.717) is 0 Å². The van der Waals surface area contributed by atoms with Gasteiger partial charge in [0.1, 0.15) is 0 Å². The molecule has 0 atom stereocenters. The SMILES string of the molecule is CCNCc1cnccc1N(C)Cc1ccc(Br)cc1. The first-order chi connectivity index (χ1) is 9.70. The molecule has 0 radical (unpaired) electrons. The van der Waals surface area contributed by atoms with Gasteiger partial charge in [0.05, 0.1) is 0 Å². The molecular weight excluding hydrogens is 314 g/mol. The number of hydrogen-bond acceptors (Lipinski definition) is 3. The number of aromatic nitrogens is 1. The Morgan fingerprint density at radius 1 is 1.20 bits per heavy atom. The maximum absolute atomic E-state index is 4.23. The van der Waals surface area contributed by atoms with Gasteiger partial charge in [0.25, 0.3) is 0 Å². The van der Waals surface area contributed by atoms with E-state index in [1.807, 2.05) is 12.4 Å². The van der Waals surface area contributed by atoms with Crippen LogP contribution in [0.5, 0.6) is 0 Å². The number of halogens is 1. The van der Waals surface area contributed by atoms with Crippen molar-refractivity contribution < 1.29 is 0 Å². The van der Waals surface area contributed by atoms with E-state index >= 15 is 0 Å². The van der Waals surface area contributed by atoms with Crippen molar-refractivity contribution >= 4 is 21.6 Å². The maximum Gasteiger partial charge on any atom is 0.0443 e. The van der Waals surface area contributed by atoms with Crippen molar-refractivity contribution in [3.63, 3.8) is 0 Å². The highest BCUT2D eigenvalue weighted by atomic mass is 79.9. The highest BCUT2D eigenvalue weighted by molar-refractivity contribution is 9.10. The number of anilines is 1. The zero-order valence-electron chi connectivity index (χ0n) is 11.9. The van der Waals surface area contributed by atoms with Gasteiger partial charge in [-0.05, 0) is 30.3 Å². The lowest BCUT2D eigenvalue weighted by molar-refractivity contribution is 0.720. The molecule has 2 rings (SSSR count). The summed E-state index contributed by atoms with van der Waals surface area (Å²) >= 11 is 3.47. The van der Waals surface area contributed by atoms with Gasteiger partial charge in [0.2, 0.25) is 0 Å². The molecule has 0 aliphatic carbocycles. The second kappa shape index (κ2) is 7.41. The topological polar surface area (TPSA) is 28.2 Å². The summed E-state index contributed by atoms with van der Waals surface area (Å²) in [6, 6.07) is 10.5. The minimum atomic E-state index is 0.852. The number of nitrogens with one attached hydrogen (secondary N) is 1. The van der Waals surface area contributed by atoms with Crippen LogP contribution in [0.15, 0.2) is 47.2 Å². The van der Waals surface area contributed by atoms with Crippen LogP contribution < -0.4 is 10.2 Å². The minimum absolute atomic E-state index is 0.852. The molecule has 3 nitrogen and oxygen atoms in total. The van der Waals surface area contributed by atoms with E-state index in [2.05, 4.69) is 75.4 Å². The minimum Gasteiger partial charge on any atom is -0.370 e. The van der Waals surface area contributed by atoms with Gasteiger partial charge >= 0.3 is 0 Å². The number of nitrogens with zero attached hydrogens (tertiary/aromatic N) is 2. The lowest BCUT2D eigenvalue weighted by Crippen LogP contribution is -2.20. The van der Waals surface area contributed by atoms with Gasteiger partial charge in [-0.2, -0.15) is 0 Å². The fraction of sp³-hybridized carbons (Fsp3) is 0.312. The smallest absolute Gasteiger partial charge is 0.0443 e. The van der Waals surface area contributed by atoms with Crippen molar-refractivity contribution in [3.05, 3.63) is 58.3 Å². The molecule has 0 unspecified atom stereocenters. The summed E-state index contributed by atoms with van der Waals surface area (Å²) in [6.45, 7) is 4.81. The molecular formula is C16H20BrN3. The Morgan fingerprint density at radius 3 is 2.65 bits per heavy atom. The number of benzene rings is 1. The zero-order chi connectivity index (χ0) is 14.4. The fourth-order valence-corrected chi connectivity index (χ4v) is 2.40. The highest BCUT2D eigenvalue weighted by Crippen LogP contribution is 2.20. The third-order valence-corrected chi connectivity index (χ3v) is 3.72. The standard InChI is InChI=1S/C16H20BrN3/c1-3-18-10-14-11-19-9-8-16(14)20(2)12-13-4-6-15(17)7-5-13/h4-9,11,18H,3,10,12H2,1-2H3. The normalized spacial score (nSPS) is 10.6. The van der Waals surface area contributed by atoms with Gasteiger partial charge in [0, 0.05) is 48.3 Å². The van der Waals surface area contributed by atoms with Gasteiger partial charge in [-0.3, -0.25) is 4.98 Å². The van der Waals surface area contributed by atoms with Crippen LogP contribution in [-0.2, 0) is 13.1 Å². The molecule has 0 saturated carbocycles. The molecule has 0 fully saturated rings. The molecule has 0 spiro atoms. The van der Waals surface area contributed by atoms with Crippen LogP contribution in [0.2, 0.25) is 0 Å². The molecule has 0 aliphatic rings. The van der Waals surface area contributed by atoms with E-state index in [-0.39, 0.29) is 0 Å². The van der Waals surface area contributed by atoms with Gasteiger partial charge in [-0.15, -0.1) is 0 Å². The van der Waals surface area contributed by atoms with Crippen molar-refractivity contribution in [3.8, 4) is 0 Å². The summed E-state index contributed by atoms with van der Waals surface area (Å²) in [6.07, 6.45) is 3.79. The Labute approximate surface area is 129 Å². The van der Waals surface area contributed by atoms with E-state index in [0.717, 1.165) is 24.1 Å². The van der Waals surface area contributed by atoms with E-state index in [1.54, 1.807) is 0 Å². The van der Waals surface area contributed by atoms with E-state index in [9.17, 15) is 0 Å². The zero-order valence-corrected chi connectivity index (χ0v) is 13.5. The molecule has 1 heterocycles. The summed E-state index contributed by atoms with van der Waals surface area (Å²) < 4.78 is 1.11. The molecule has 0 amide bonds. The first-order valence-electron chi connectivity index (χ1n) is 6.80. The summed E-state index contributed by atoms with van der Waals surface area (Å²) in [4.78, 5) is 6.49. The third-order valence-electron chi connectivity index (χ3n) is 3.19. The summed E-state index contributed by atoms with van der Waals surface area (Å²) in [7, 11) is 2.12. The number of rotatable bonds is 6. The van der Waals surface area contributed by atoms with Crippen LogP contribution in [-0.4, -0.2) is 18.6 Å². The van der Waals surface area contributed by atoms with E-state index < -0.39 is 0 Å². The van der Waals surface area contributed by atoms with E-state index in [4.69, 9.17) is 0 Å². The van der Waals surface area contributed by atoms with Crippen LogP contribution in [0.1, 0.15) is 18.1 Å². The molecule has 0 saturated heterocycles. The predicted octanol–water partition coefficient (Wildman–Crippen LogP) is 3.59. The molecule has 1 aromatic carbocycles. The van der Waals surface area contributed by atoms with Crippen molar-refractivity contribution in [1.29, 1.82) is 0 Å². The van der Waals surface area contributed by atoms with Crippen LogP contribution >= 0.6 is 15.9 Å². The lowest BCUT2D eigenvalue weighted by atomic mass is 10.1. The quantitative estimate of drug-likeness (QED) is 0.875. The van der Waals surface area contributed by atoms with Crippen molar-refractivity contribution in [2.45, 2.75) is 20.0 Å². The highest BCUT2D eigenvalue weighted by Gasteiger charge is 2.07.